The van der Waals surface area contributed by atoms with Gasteiger partial charge in [-0.05, 0) is 31.6 Å². The molecule has 1 aliphatic carbocycles. The lowest BCUT2D eigenvalue weighted by atomic mass is 10.0. The van der Waals surface area contributed by atoms with Crippen molar-refractivity contribution in [1.29, 1.82) is 0 Å². The van der Waals surface area contributed by atoms with Gasteiger partial charge in [0.1, 0.15) is 17.9 Å². The number of oxazole rings is 1. The van der Waals surface area contributed by atoms with Crippen molar-refractivity contribution in [2.24, 2.45) is 11.8 Å². The largest absolute Gasteiger partial charge is 0.444 e. The molecule has 2 fully saturated rings. The molecule has 5 rings (SSSR count). The maximum Gasteiger partial charge on any atom is 0.208 e. The van der Waals surface area contributed by atoms with Crippen LogP contribution in [0.25, 0.3) is 0 Å². The molecule has 2 aliphatic heterocycles. The van der Waals surface area contributed by atoms with Crippen LogP contribution in [-0.4, -0.2) is 46.0 Å². The van der Waals surface area contributed by atoms with Gasteiger partial charge in [-0.25, -0.2) is 15.0 Å². The van der Waals surface area contributed by atoms with Gasteiger partial charge < -0.3 is 9.32 Å². The monoisotopic (exact) mass is 325 g/mol. The second kappa shape index (κ2) is 5.55. The van der Waals surface area contributed by atoms with Crippen molar-refractivity contribution >= 4 is 5.82 Å². The van der Waals surface area contributed by atoms with Crippen molar-refractivity contribution in [3.8, 4) is 0 Å². The quantitative estimate of drug-likeness (QED) is 0.858. The standard InChI is InChI=1S/C18H23N5O/c1-12-5-19-11-20-18(12)23-8-13-6-22(7-14(13)9-23)10-17-21-15-3-2-4-16(15)24-17/h5,11,13-14H,2-4,6-10H2,1H3. The number of nitrogens with zero attached hydrogens (tertiary/aromatic N) is 5. The highest BCUT2D eigenvalue weighted by Gasteiger charge is 2.41. The second-order valence-corrected chi connectivity index (χ2v) is 7.48. The van der Waals surface area contributed by atoms with Gasteiger partial charge in [-0.15, -0.1) is 0 Å². The lowest BCUT2D eigenvalue weighted by molar-refractivity contribution is 0.270. The summed E-state index contributed by atoms with van der Waals surface area (Å²) in [5.74, 6) is 4.61. The Morgan fingerprint density at radius 3 is 2.75 bits per heavy atom. The maximum atomic E-state index is 5.94. The molecule has 0 saturated carbocycles. The van der Waals surface area contributed by atoms with Gasteiger partial charge in [0.25, 0.3) is 0 Å². The van der Waals surface area contributed by atoms with Crippen LogP contribution in [0.4, 0.5) is 5.82 Å². The Kier molecular flexibility index (Phi) is 3.33. The smallest absolute Gasteiger partial charge is 0.208 e. The SMILES string of the molecule is Cc1cncnc1N1CC2CN(Cc3nc4c(o3)CCC4)CC2C1. The van der Waals surface area contributed by atoms with E-state index < -0.39 is 0 Å². The van der Waals surface area contributed by atoms with E-state index in [4.69, 9.17) is 4.42 Å². The zero-order valence-corrected chi connectivity index (χ0v) is 14.1. The van der Waals surface area contributed by atoms with E-state index in [0.29, 0.717) is 0 Å². The Morgan fingerprint density at radius 2 is 2.00 bits per heavy atom. The Morgan fingerprint density at radius 1 is 1.17 bits per heavy atom. The average Bonchev–Trinajstić information content (AvgIpc) is 3.27. The predicted octanol–water partition coefficient (Wildman–Crippen LogP) is 1.83. The van der Waals surface area contributed by atoms with Gasteiger partial charge in [0.05, 0.1) is 12.2 Å². The van der Waals surface area contributed by atoms with E-state index in [-0.39, 0.29) is 0 Å². The zero-order chi connectivity index (χ0) is 16.1. The third-order valence-corrected chi connectivity index (χ3v) is 5.73. The van der Waals surface area contributed by atoms with Gasteiger partial charge in [-0.2, -0.15) is 0 Å². The first-order chi connectivity index (χ1) is 11.8. The van der Waals surface area contributed by atoms with Gasteiger partial charge in [0, 0.05) is 44.4 Å². The lowest BCUT2D eigenvalue weighted by Crippen LogP contribution is -2.29. The number of hydrogen-bond donors (Lipinski definition) is 0. The van der Waals surface area contributed by atoms with Crippen molar-refractivity contribution in [3.63, 3.8) is 0 Å². The molecule has 0 bridgehead atoms. The van der Waals surface area contributed by atoms with Crippen LogP contribution < -0.4 is 4.90 Å². The summed E-state index contributed by atoms with van der Waals surface area (Å²) < 4.78 is 5.94. The number of aryl methyl sites for hydroxylation is 3. The summed E-state index contributed by atoms with van der Waals surface area (Å²) in [5.41, 5.74) is 2.37. The van der Waals surface area contributed by atoms with E-state index in [2.05, 4.69) is 31.7 Å². The molecule has 2 atom stereocenters. The first kappa shape index (κ1) is 14.4. The van der Waals surface area contributed by atoms with Gasteiger partial charge in [-0.1, -0.05) is 0 Å². The molecule has 3 aliphatic rings. The fourth-order valence-corrected chi connectivity index (χ4v) is 4.62. The van der Waals surface area contributed by atoms with E-state index in [0.717, 1.165) is 74.9 Å². The highest BCUT2D eigenvalue weighted by Crippen LogP contribution is 2.35. The second-order valence-electron chi connectivity index (χ2n) is 7.48. The Labute approximate surface area is 141 Å². The van der Waals surface area contributed by atoms with E-state index in [1.807, 2.05) is 6.20 Å². The minimum atomic E-state index is 0.723. The Bertz CT molecular complexity index is 722. The number of fused-ring (bicyclic) bond motifs is 2. The third-order valence-electron chi connectivity index (χ3n) is 5.73. The van der Waals surface area contributed by atoms with Gasteiger partial charge in [0.2, 0.25) is 5.89 Å². The molecular weight excluding hydrogens is 302 g/mol. The van der Waals surface area contributed by atoms with Gasteiger partial charge >= 0.3 is 0 Å². The Hall–Kier alpha value is -1.95. The number of anilines is 1. The zero-order valence-electron chi connectivity index (χ0n) is 14.1. The van der Waals surface area contributed by atoms with Crippen LogP contribution in [0.1, 0.15) is 29.3 Å². The van der Waals surface area contributed by atoms with E-state index >= 15 is 0 Å². The molecule has 24 heavy (non-hydrogen) atoms. The van der Waals surface area contributed by atoms with Crippen molar-refractivity contribution < 1.29 is 4.42 Å². The highest BCUT2D eigenvalue weighted by molar-refractivity contribution is 5.46. The van der Waals surface area contributed by atoms with Crippen LogP contribution in [0.3, 0.4) is 0 Å². The summed E-state index contributed by atoms with van der Waals surface area (Å²) in [6.07, 6.45) is 6.93. The summed E-state index contributed by atoms with van der Waals surface area (Å²) in [6, 6.07) is 0. The fourth-order valence-electron chi connectivity index (χ4n) is 4.62. The first-order valence-corrected chi connectivity index (χ1v) is 8.97. The summed E-state index contributed by atoms with van der Waals surface area (Å²) in [5, 5.41) is 0. The van der Waals surface area contributed by atoms with E-state index in [9.17, 15) is 0 Å². The number of hydrogen-bond acceptors (Lipinski definition) is 6. The minimum Gasteiger partial charge on any atom is -0.444 e. The summed E-state index contributed by atoms with van der Waals surface area (Å²) in [6.45, 7) is 7.43. The molecule has 4 heterocycles. The van der Waals surface area contributed by atoms with Gasteiger partial charge in [-0.3, -0.25) is 4.90 Å². The molecule has 2 aromatic rings. The average molecular weight is 325 g/mol. The first-order valence-electron chi connectivity index (χ1n) is 8.97. The van der Waals surface area contributed by atoms with Crippen LogP contribution in [0, 0.1) is 18.8 Å². The summed E-state index contributed by atoms with van der Waals surface area (Å²) in [7, 11) is 0. The predicted molar refractivity (Wildman–Crippen MR) is 89.8 cm³/mol. The summed E-state index contributed by atoms with van der Waals surface area (Å²) in [4.78, 5) is 18.2. The fraction of sp³-hybridized carbons (Fsp3) is 0.611. The van der Waals surface area contributed by atoms with Gasteiger partial charge in [0.15, 0.2) is 0 Å². The van der Waals surface area contributed by atoms with E-state index in [1.54, 1.807) is 6.33 Å². The van der Waals surface area contributed by atoms with Crippen molar-refractivity contribution in [2.45, 2.75) is 32.7 Å². The van der Waals surface area contributed by atoms with Crippen molar-refractivity contribution in [1.82, 2.24) is 19.9 Å². The lowest BCUT2D eigenvalue weighted by Gasteiger charge is -2.22. The molecule has 2 unspecified atom stereocenters. The molecule has 2 saturated heterocycles. The molecule has 126 valence electrons. The van der Waals surface area contributed by atoms with Crippen molar-refractivity contribution in [3.05, 3.63) is 35.4 Å². The molecule has 6 heteroatoms. The maximum absolute atomic E-state index is 5.94. The van der Waals surface area contributed by atoms with Crippen LogP contribution in [0.15, 0.2) is 16.9 Å². The third kappa shape index (κ3) is 2.40. The number of likely N-dealkylation sites (tertiary alicyclic amines) is 1. The summed E-state index contributed by atoms with van der Waals surface area (Å²) >= 11 is 0. The normalized spacial score (nSPS) is 26.1. The Balaban J connectivity index is 1.23. The molecule has 6 nitrogen and oxygen atoms in total. The van der Waals surface area contributed by atoms with Crippen LogP contribution >= 0.6 is 0 Å². The molecule has 0 amide bonds. The molecule has 0 N–H and O–H groups in total. The van der Waals surface area contributed by atoms with Crippen LogP contribution in [0.2, 0.25) is 0 Å². The number of aromatic nitrogens is 3. The highest BCUT2D eigenvalue weighted by atomic mass is 16.4. The topological polar surface area (TPSA) is 58.3 Å². The van der Waals surface area contributed by atoms with Crippen LogP contribution in [0.5, 0.6) is 0 Å². The number of rotatable bonds is 3. The molecule has 2 aromatic heterocycles. The molecular formula is C18H23N5O. The molecule has 0 radical (unpaired) electrons. The van der Waals surface area contributed by atoms with Crippen molar-refractivity contribution in [2.75, 3.05) is 31.1 Å². The molecule has 0 spiro atoms. The molecule has 0 aromatic carbocycles. The van der Waals surface area contributed by atoms with Crippen LogP contribution in [-0.2, 0) is 19.4 Å². The minimum absolute atomic E-state index is 0.723. The van der Waals surface area contributed by atoms with E-state index in [1.165, 1.54) is 17.7 Å².